The van der Waals surface area contributed by atoms with Crippen LogP contribution in [0.5, 0.6) is 5.75 Å². The zero-order valence-corrected chi connectivity index (χ0v) is 17.2. The molecule has 0 aliphatic carbocycles. The molecular weight excluding hydrogens is 420 g/mol. The standard InChI is InChI=1S/C21H20N4O7/c1-29-16-4-2-3-14(11-16)20-22-19(32-23-20)13-31-21(26)15-5-6-17(18(12-15)25(27)28)24-7-9-30-10-8-24/h2-6,11-12H,7-10,13H2,1H3. The number of esters is 1. The molecule has 11 heteroatoms. The lowest BCUT2D eigenvalue weighted by atomic mass is 10.1. The Labute approximate surface area is 182 Å². The van der Waals surface area contributed by atoms with Gasteiger partial charge in [-0.05, 0) is 24.3 Å². The van der Waals surface area contributed by atoms with E-state index in [1.165, 1.54) is 12.1 Å². The van der Waals surface area contributed by atoms with Gasteiger partial charge in [0.15, 0.2) is 6.61 Å². The molecule has 1 aliphatic rings. The van der Waals surface area contributed by atoms with Crippen molar-refractivity contribution in [2.45, 2.75) is 6.61 Å². The van der Waals surface area contributed by atoms with Crippen molar-refractivity contribution in [2.75, 3.05) is 38.3 Å². The van der Waals surface area contributed by atoms with E-state index in [0.717, 1.165) is 0 Å². The molecule has 11 nitrogen and oxygen atoms in total. The van der Waals surface area contributed by atoms with Gasteiger partial charge >= 0.3 is 5.97 Å². The number of hydrogen-bond acceptors (Lipinski definition) is 10. The summed E-state index contributed by atoms with van der Waals surface area (Å²) in [5.41, 5.74) is 1.01. The van der Waals surface area contributed by atoms with Crippen LogP contribution in [0.4, 0.5) is 11.4 Å². The van der Waals surface area contributed by atoms with E-state index in [0.29, 0.717) is 49.1 Å². The van der Waals surface area contributed by atoms with Crippen molar-refractivity contribution in [1.29, 1.82) is 0 Å². The minimum atomic E-state index is -0.734. The molecule has 0 bridgehead atoms. The highest BCUT2D eigenvalue weighted by molar-refractivity contribution is 5.91. The van der Waals surface area contributed by atoms with Crippen molar-refractivity contribution in [3.05, 3.63) is 64.0 Å². The number of nitro benzene ring substituents is 1. The highest BCUT2D eigenvalue weighted by Crippen LogP contribution is 2.30. The van der Waals surface area contributed by atoms with E-state index < -0.39 is 10.9 Å². The quantitative estimate of drug-likeness (QED) is 0.307. The second-order valence-electron chi connectivity index (χ2n) is 6.88. The Morgan fingerprint density at radius 3 is 2.78 bits per heavy atom. The average molecular weight is 440 g/mol. The van der Waals surface area contributed by atoms with Gasteiger partial charge in [0.2, 0.25) is 5.82 Å². The van der Waals surface area contributed by atoms with Gasteiger partial charge in [-0.3, -0.25) is 10.1 Å². The predicted molar refractivity (Wildman–Crippen MR) is 112 cm³/mol. The number of anilines is 1. The van der Waals surface area contributed by atoms with Gasteiger partial charge in [-0.15, -0.1) is 0 Å². The molecule has 32 heavy (non-hydrogen) atoms. The molecule has 1 fully saturated rings. The first kappa shape index (κ1) is 21.2. The van der Waals surface area contributed by atoms with Crippen LogP contribution in [0.1, 0.15) is 16.2 Å². The van der Waals surface area contributed by atoms with Crippen LogP contribution in [0.3, 0.4) is 0 Å². The summed E-state index contributed by atoms with van der Waals surface area (Å²) in [4.78, 5) is 29.6. The molecule has 166 valence electrons. The number of rotatable bonds is 7. The summed E-state index contributed by atoms with van der Waals surface area (Å²) in [6.45, 7) is 1.79. The summed E-state index contributed by atoms with van der Waals surface area (Å²) in [6.07, 6.45) is 0. The second kappa shape index (κ2) is 9.43. The van der Waals surface area contributed by atoms with Crippen molar-refractivity contribution >= 4 is 17.3 Å². The van der Waals surface area contributed by atoms with Crippen molar-refractivity contribution in [1.82, 2.24) is 10.1 Å². The monoisotopic (exact) mass is 440 g/mol. The maximum absolute atomic E-state index is 12.5. The molecule has 2 heterocycles. The fourth-order valence-electron chi connectivity index (χ4n) is 3.27. The van der Waals surface area contributed by atoms with Gasteiger partial charge in [0.1, 0.15) is 11.4 Å². The zero-order valence-electron chi connectivity index (χ0n) is 17.2. The van der Waals surface area contributed by atoms with Crippen LogP contribution in [0.25, 0.3) is 11.4 Å². The fraction of sp³-hybridized carbons (Fsp3) is 0.286. The van der Waals surface area contributed by atoms with Gasteiger partial charge in [0.25, 0.3) is 11.6 Å². The summed E-state index contributed by atoms with van der Waals surface area (Å²) in [5, 5.41) is 15.4. The van der Waals surface area contributed by atoms with E-state index in [1.54, 1.807) is 37.4 Å². The molecule has 0 radical (unpaired) electrons. The first-order chi connectivity index (χ1) is 15.5. The Hall–Kier alpha value is -3.99. The van der Waals surface area contributed by atoms with Crippen molar-refractivity contribution in [3.63, 3.8) is 0 Å². The van der Waals surface area contributed by atoms with E-state index >= 15 is 0 Å². The third kappa shape index (κ3) is 4.67. The van der Waals surface area contributed by atoms with Crippen molar-refractivity contribution < 1.29 is 28.5 Å². The smallest absolute Gasteiger partial charge is 0.338 e. The molecule has 0 saturated carbocycles. The number of aromatic nitrogens is 2. The zero-order chi connectivity index (χ0) is 22.5. The van der Waals surface area contributed by atoms with E-state index in [9.17, 15) is 14.9 Å². The molecule has 1 aliphatic heterocycles. The largest absolute Gasteiger partial charge is 0.497 e. The van der Waals surface area contributed by atoms with Gasteiger partial charge < -0.3 is 23.6 Å². The summed E-state index contributed by atoms with van der Waals surface area (Å²) >= 11 is 0. The molecule has 0 N–H and O–H groups in total. The summed E-state index contributed by atoms with van der Waals surface area (Å²) in [6, 6.07) is 11.4. The molecule has 4 rings (SSSR count). The molecule has 1 aromatic heterocycles. The lowest BCUT2D eigenvalue weighted by Crippen LogP contribution is -2.36. The number of nitrogens with zero attached hydrogens (tertiary/aromatic N) is 4. The molecule has 1 saturated heterocycles. The molecular formula is C21H20N4O7. The van der Waals surface area contributed by atoms with E-state index in [4.69, 9.17) is 18.7 Å². The number of hydrogen-bond donors (Lipinski definition) is 0. The average Bonchev–Trinajstić information content (AvgIpc) is 3.32. The number of benzene rings is 2. The summed E-state index contributed by atoms with van der Waals surface area (Å²) in [7, 11) is 1.55. The van der Waals surface area contributed by atoms with E-state index in [-0.39, 0.29) is 23.7 Å². The van der Waals surface area contributed by atoms with Crippen LogP contribution in [-0.4, -0.2) is 54.4 Å². The number of carbonyl (C=O) groups excluding carboxylic acids is 1. The third-order valence-electron chi connectivity index (χ3n) is 4.88. The SMILES string of the molecule is COc1cccc(-c2noc(COC(=O)c3ccc(N4CCOCC4)c([N+](=O)[O-])c3)n2)c1. The van der Waals surface area contributed by atoms with Crippen LogP contribution in [-0.2, 0) is 16.1 Å². The maximum atomic E-state index is 12.5. The van der Waals surface area contributed by atoms with E-state index in [1.807, 2.05) is 4.90 Å². The maximum Gasteiger partial charge on any atom is 0.338 e. The van der Waals surface area contributed by atoms with Gasteiger partial charge in [-0.1, -0.05) is 17.3 Å². The highest BCUT2D eigenvalue weighted by atomic mass is 16.6. The summed E-state index contributed by atoms with van der Waals surface area (Å²) < 4.78 is 20.8. The lowest BCUT2D eigenvalue weighted by molar-refractivity contribution is -0.384. The number of methoxy groups -OCH3 is 1. The van der Waals surface area contributed by atoms with Crippen molar-refractivity contribution in [2.24, 2.45) is 0 Å². The Kier molecular flexibility index (Phi) is 6.26. The van der Waals surface area contributed by atoms with Crippen molar-refractivity contribution in [3.8, 4) is 17.1 Å². The Bertz CT molecular complexity index is 1120. The highest BCUT2D eigenvalue weighted by Gasteiger charge is 2.24. The Balaban J connectivity index is 1.44. The first-order valence-electron chi connectivity index (χ1n) is 9.80. The molecule has 2 aromatic carbocycles. The van der Waals surface area contributed by atoms with Gasteiger partial charge in [-0.25, -0.2) is 4.79 Å². The second-order valence-corrected chi connectivity index (χ2v) is 6.88. The fourth-order valence-corrected chi connectivity index (χ4v) is 3.27. The topological polar surface area (TPSA) is 130 Å². The van der Waals surface area contributed by atoms with Crippen LogP contribution < -0.4 is 9.64 Å². The van der Waals surface area contributed by atoms with E-state index in [2.05, 4.69) is 10.1 Å². The van der Waals surface area contributed by atoms with Gasteiger partial charge in [0, 0.05) is 24.7 Å². The number of ether oxygens (including phenoxy) is 3. The van der Waals surface area contributed by atoms with Crippen LogP contribution >= 0.6 is 0 Å². The molecule has 0 unspecified atom stereocenters. The normalized spacial score (nSPS) is 13.6. The minimum absolute atomic E-state index is 0.0567. The van der Waals surface area contributed by atoms with Gasteiger partial charge in [0.05, 0.1) is 30.8 Å². The third-order valence-corrected chi connectivity index (χ3v) is 4.88. The minimum Gasteiger partial charge on any atom is -0.497 e. The van der Waals surface area contributed by atoms with Gasteiger partial charge in [-0.2, -0.15) is 4.98 Å². The molecule has 0 atom stereocenters. The lowest BCUT2D eigenvalue weighted by Gasteiger charge is -2.28. The van der Waals surface area contributed by atoms with Crippen LogP contribution in [0.15, 0.2) is 47.0 Å². The van der Waals surface area contributed by atoms with Crippen LogP contribution in [0.2, 0.25) is 0 Å². The Morgan fingerprint density at radius 1 is 1.22 bits per heavy atom. The number of nitro groups is 1. The molecule has 0 spiro atoms. The summed E-state index contributed by atoms with van der Waals surface area (Å²) in [5.74, 6) is 0.321. The Morgan fingerprint density at radius 2 is 2.03 bits per heavy atom. The number of carbonyl (C=O) groups is 1. The molecule has 0 amide bonds. The first-order valence-corrected chi connectivity index (χ1v) is 9.80. The molecule has 3 aromatic rings. The van der Waals surface area contributed by atoms with Crippen LogP contribution in [0, 0.1) is 10.1 Å². The number of morpholine rings is 1. The predicted octanol–water partition coefficient (Wildman–Crippen LogP) is 2.85.